The Balaban J connectivity index is 2.46. The Bertz CT molecular complexity index is 419. The zero-order chi connectivity index (χ0) is 11.7. The monoisotopic (exact) mass is 282 g/mol. The number of hydrogen-bond donors (Lipinski definition) is 1. The fourth-order valence-corrected chi connectivity index (χ4v) is 2.31. The molecule has 86 valence electrons. The molecule has 4 heteroatoms. The first-order chi connectivity index (χ1) is 7.61. The predicted octanol–water partition coefficient (Wildman–Crippen LogP) is 2.86. The molecule has 0 bridgehead atoms. The minimum atomic E-state index is 0.0196. The number of carbonyl (C=O) groups excluding carboxylic acids is 1. The Morgan fingerprint density at radius 1 is 1.56 bits per heavy atom. The molecule has 1 unspecified atom stereocenters. The van der Waals surface area contributed by atoms with Crippen molar-refractivity contribution >= 4 is 33.2 Å². The van der Waals surface area contributed by atoms with Gasteiger partial charge in [-0.1, -0.05) is 22.9 Å². The van der Waals surface area contributed by atoms with Crippen LogP contribution in [0.3, 0.4) is 0 Å². The highest BCUT2D eigenvalue weighted by Gasteiger charge is 2.23. The average molecular weight is 283 g/mol. The Kier molecular flexibility index (Phi) is 3.19. The fourth-order valence-electron chi connectivity index (χ4n) is 1.95. The summed E-state index contributed by atoms with van der Waals surface area (Å²) in [6.45, 7) is 5.75. The highest BCUT2D eigenvalue weighted by atomic mass is 79.9. The second-order valence-corrected chi connectivity index (χ2v) is 5.01. The number of benzene rings is 1. The lowest BCUT2D eigenvalue weighted by atomic mass is 10.1. The van der Waals surface area contributed by atoms with Crippen molar-refractivity contribution in [2.45, 2.75) is 13.8 Å². The maximum Gasteiger partial charge on any atom is 0.229 e. The van der Waals surface area contributed by atoms with Crippen LogP contribution in [-0.4, -0.2) is 19.0 Å². The Labute approximate surface area is 104 Å². The van der Waals surface area contributed by atoms with Gasteiger partial charge in [0.15, 0.2) is 0 Å². The zero-order valence-corrected chi connectivity index (χ0v) is 11.0. The molecule has 1 aliphatic heterocycles. The van der Waals surface area contributed by atoms with Gasteiger partial charge in [-0.3, -0.25) is 4.79 Å². The van der Waals surface area contributed by atoms with Crippen LogP contribution < -0.4 is 10.2 Å². The number of anilines is 2. The quantitative estimate of drug-likeness (QED) is 0.859. The first-order valence-corrected chi connectivity index (χ1v) is 6.26. The second kappa shape index (κ2) is 4.45. The summed E-state index contributed by atoms with van der Waals surface area (Å²) in [6, 6.07) is 6.00. The van der Waals surface area contributed by atoms with Crippen LogP contribution in [0.1, 0.15) is 13.8 Å². The summed E-state index contributed by atoms with van der Waals surface area (Å²) < 4.78 is 0.983. The standard InChI is InChI=1S/C12H15BrN2O/c1-3-15-7-8(2)12(16)14-10-6-9(13)4-5-11(10)15/h4-6,8H,3,7H2,1-2H3,(H,14,16). The normalized spacial score (nSPS) is 20.1. The summed E-state index contributed by atoms with van der Waals surface area (Å²) in [5.41, 5.74) is 1.99. The van der Waals surface area contributed by atoms with Gasteiger partial charge in [0.25, 0.3) is 0 Å². The first-order valence-electron chi connectivity index (χ1n) is 5.47. The molecule has 1 atom stereocenters. The van der Waals surface area contributed by atoms with E-state index in [9.17, 15) is 4.79 Å². The van der Waals surface area contributed by atoms with Gasteiger partial charge in [-0.15, -0.1) is 0 Å². The van der Waals surface area contributed by atoms with Crippen LogP contribution in [0.15, 0.2) is 22.7 Å². The van der Waals surface area contributed by atoms with Crippen molar-refractivity contribution in [1.82, 2.24) is 0 Å². The number of rotatable bonds is 1. The predicted molar refractivity (Wildman–Crippen MR) is 69.8 cm³/mol. The van der Waals surface area contributed by atoms with E-state index in [2.05, 4.69) is 33.1 Å². The molecule has 0 aromatic heterocycles. The molecule has 1 N–H and O–H groups in total. The molecule has 16 heavy (non-hydrogen) atoms. The fraction of sp³-hybridized carbons (Fsp3) is 0.417. The topological polar surface area (TPSA) is 32.3 Å². The minimum absolute atomic E-state index is 0.0196. The summed E-state index contributed by atoms with van der Waals surface area (Å²) in [5.74, 6) is 0.112. The third-order valence-corrected chi connectivity index (χ3v) is 3.37. The van der Waals surface area contributed by atoms with Gasteiger partial charge < -0.3 is 10.2 Å². The summed E-state index contributed by atoms with van der Waals surface area (Å²) in [6.07, 6.45) is 0. The Hall–Kier alpha value is -1.03. The lowest BCUT2D eigenvalue weighted by Gasteiger charge is -2.23. The number of amides is 1. The highest BCUT2D eigenvalue weighted by Crippen LogP contribution is 2.32. The van der Waals surface area contributed by atoms with Crippen LogP contribution in [-0.2, 0) is 4.79 Å². The van der Waals surface area contributed by atoms with Gasteiger partial charge in [-0.2, -0.15) is 0 Å². The molecule has 0 spiro atoms. The van der Waals surface area contributed by atoms with Crippen LogP contribution in [0.2, 0.25) is 0 Å². The Morgan fingerprint density at radius 3 is 3.00 bits per heavy atom. The molecule has 0 fully saturated rings. The van der Waals surface area contributed by atoms with Gasteiger partial charge in [0.05, 0.1) is 17.3 Å². The molecular formula is C12H15BrN2O. The van der Waals surface area contributed by atoms with Gasteiger partial charge >= 0.3 is 0 Å². The van der Waals surface area contributed by atoms with Crippen molar-refractivity contribution < 1.29 is 4.79 Å². The third-order valence-electron chi connectivity index (χ3n) is 2.88. The summed E-state index contributed by atoms with van der Waals surface area (Å²) in [5, 5.41) is 2.97. The summed E-state index contributed by atoms with van der Waals surface area (Å²) >= 11 is 3.42. The smallest absolute Gasteiger partial charge is 0.229 e. The number of nitrogens with one attached hydrogen (secondary N) is 1. The van der Waals surface area contributed by atoms with Gasteiger partial charge in [-0.25, -0.2) is 0 Å². The number of carbonyl (C=O) groups is 1. The zero-order valence-electron chi connectivity index (χ0n) is 9.46. The summed E-state index contributed by atoms with van der Waals surface area (Å²) in [4.78, 5) is 14.0. The minimum Gasteiger partial charge on any atom is -0.369 e. The lowest BCUT2D eigenvalue weighted by molar-refractivity contribution is -0.119. The van der Waals surface area contributed by atoms with Gasteiger partial charge in [0, 0.05) is 17.6 Å². The van der Waals surface area contributed by atoms with Crippen LogP contribution in [0.5, 0.6) is 0 Å². The summed E-state index contributed by atoms with van der Waals surface area (Å²) in [7, 11) is 0. The van der Waals surface area contributed by atoms with E-state index in [1.165, 1.54) is 0 Å². The van der Waals surface area contributed by atoms with Crippen LogP contribution in [0.4, 0.5) is 11.4 Å². The first kappa shape index (κ1) is 11.5. The van der Waals surface area contributed by atoms with E-state index < -0.39 is 0 Å². The Morgan fingerprint density at radius 2 is 2.31 bits per heavy atom. The molecule has 1 aromatic rings. The van der Waals surface area contributed by atoms with E-state index in [1.54, 1.807) is 0 Å². The van der Waals surface area contributed by atoms with Crippen molar-refractivity contribution in [3.63, 3.8) is 0 Å². The van der Waals surface area contributed by atoms with E-state index in [-0.39, 0.29) is 11.8 Å². The van der Waals surface area contributed by atoms with E-state index >= 15 is 0 Å². The molecule has 1 aromatic carbocycles. The van der Waals surface area contributed by atoms with Crippen LogP contribution >= 0.6 is 15.9 Å². The van der Waals surface area contributed by atoms with E-state index in [4.69, 9.17) is 0 Å². The second-order valence-electron chi connectivity index (χ2n) is 4.09. The molecule has 0 saturated carbocycles. The van der Waals surface area contributed by atoms with Crippen molar-refractivity contribution in [2.24, 2.45) is 5.92 Å². The SMILES string of the molecule is CCN1CC(C)C(=O)Nc2cc(Br)ccc21. The third kappa shape index (κ3) is 2.07. The lowest BCUT2D eigenvalue weighted by Crippen LogP contribution is -2.30. The molecular weight excluding hydrogens is 268 g/mol. The van der Waals surface area contributed by atoms with Crippen molar-refractivity contribution in [3.8, 4) is 0 Å². The van der Waals surface area contributed by atoms with Gasteiger partial charge in [0.1, 0.15) is 0 Å². The van der Waals surface area contributed by atoms with Gasteiger partial charge in [-0.05, 0) is 25.1 Å². The number of fused-ring (bicyclic) bond motifs is 1. The molecule has 0 saturated heterocycles. The number of hydrogen-bond acceptors (Lipinski definition) is 2. The molecule has 0 radical (unpaired) electrons. The molecule has 0 aliphatic carbocycles. The maximum atomic E-state index is 11.8. The molecule has 2 rings (SSSR count). The van der Waals surface area contributed by atoms with E-state index in [0.717, 1.165) is 28.9 Å². The number of halogens is 1. The van der Waals surface area contributed by atoms with Crippen LogP contribution in [0.25, 0.3) is 0 Å². The van der Waals surface area contributed by atoms with E-state index in [0.29, 0.717) is 0 Å². The average Bonchev–Trinajstić information content (AvgIpc) is 2.36. The number of nitrogens with zero attached hydrogens (tertiary/aromatic N) is 1. The molecule has 1 amide bonds. The molecule has 1 heterocycles. The van der Waals surface area contributed by atoms with Crippen molar-refractivity contribution in [1.29, 1.82) is 0 Å². The molecule has 3 nitrogen and oxygen atoms in total. The van der Waals surface area contributed by atoms with Crippen LogP contribution in [0, 0.1) is 5.92 Å². The van der Waals surface area contributed by atoms with Crippen molar-refractivity contribution in [2.75, 3.05) is 23.3 Å². The largest absolute Gasteiger partial charge is 0.369 e. The van der Waals surface area contributed by atoms with Crippen molar-refractivity contribution in [3.05, 3.63) is 22.7 Å². The highest BCUT2D eigenvalue weighted by molar-refractivity contribution is 9.10. The van der Waals surface area contributed by atoms with E-state index in [1.807, 2.05) is 25.1 Å². The molecule has 1 aliphatic rings. The van der Waals surface area contributed by atoms with Gasteiger partial charge in [0.2, 0.25) is 5.91 Å². The maximum absolute atomic E-state index is 11.8.